The van der Waals surface area contributed by atoms with Crippen LogP contribution in [-0.4, -0.2) is 52.0 Å². The van der Waals surface area contributed by atoms with Crippen molar-refractivity contribution in [3.05, 3.63) is 23.3 Å². The van der Waals surface area contributed by atoms with Gasteiger partial charge in [0.1, 0.15) is 0 Å². The molecule has 1 N–H and O–H groups in total. The third-order valence-electron chi connectivity index (χ3n) is 4.14. The zero-order chi connectivity index (χ0) is 13.9. The summed E-state index contributed by atoms with van der Waals surface area (Å²) in [5.74, 6) is 1.61. The average Bonchev–Trinajstić information content (AvgIpc) is 2.53. The summed E-state index contributed by atoms with van der Waals surface area (Å²) in [7, 11) is 3.37. The first-order valence-electron chi connectivity index (χ1n) is 7.11. The predicted molar refractivity (Wildman–Crippen MR) is 76.4 cm³/mol. The van der Waals surface area contributed by atoms with Crippen LogP contribution >= 0.6 is 0 Å². The van der Waals surface area contributed by atoms with Gasteiger partial charge >= 0.3 is 0 Å². The smallest absolute Gasteiger partial charge is 0.161 e. The molecular formula is C15H22N2O3. The molecule has 1 aromatic carbocycles. The lowest BCUT2D eigenvalue weighted by atomic mass is 9.94. The van der Waals surface area contributed by atoms with E-state index in [1.54, 1.807) is 14.2 Å². The van der Waals surface area contributed by atoms with E-state index >= 15 is 0 Å². The molecule has 0 bridgehead atoms. The molecule has 0 amide bonds. The van der Waals surface area contributed by atoms with Crippen LogP contribution in [0.15, 0.2) is 12.1 Å². The summed E-state index contributed by atoms with van der Waals surface area (Å²) < 4.78 is 16.3. The van der Waals surface area contributed by atoms with E-state index in [1.165, 1.54) is 11.1 Å². The lowest BCUT2D eigenvalue weighted by molar-refractivity contribution is 0.0145. The Balaban J connectivity index is 1.94. The second-order valence-corrected chi connectivity index (χ2v) is 5.20. The van der Waals surface area contributed by atoms with Gasteiger partial charge in [0, 0.05) is 32.2 Å². The van der Waals surface area contributed by atoms with Crippen LogP contribution in [-0.2, 0) is 11.3 Å². The molecule has 2 aliphatic heterocycles. The Morgan fingerprint density at radius 3 is 2.55 bits per heavy atom. The van der Waals surface area contributed by atoms with Gasteiger partial charge in [-0.1, -0.05) is 0 Å². The number of hydrogen-bond acceptors (Lipinski definition) is 5. The lowest BCUT2D eigenvalue weighted by Gasteiger charge is -2.38. The maximum atomic E-state index is 5.45. The molecule has 0 unspecified atom stereocenters. The van der Waals surface area contributed by atoms with Crippen LogP contribution in [0.2, 0.25) is 0 Å². The summed E-state index contributed by atoms with van der Waals surface area (Å²) >= 11 is 0. The Morgan fingerprint density at radius 2 is 1.85 bits per heavy atom. The third-order valence-corrected chi connectivity index (χ3v) is 4.14. The molecule has 1 atom stereocenters. The average molecular weight is 278 g/mol. The number of rotatable bonds is 3. The maximum absolute atomic E-state index is 5.45. The SMILES string of the molecule is COc1cc2c(cc1OC)[C@H](N1CCOCC1)CNC2. The summed E-state index contributed by atoms with van der Waals surface area (Å²) in [5.41, 5.74) is 2.65. The van der Waals surface area contributed by atoms with Crippen LogP contribution in [0.5, 0.6) is 11.5 Å². The third kappa shape index (κ3) is 2.49. The summed E-state index contributed by atoms with van der Waals surface area (Å²) in [4.78, 5) is 2.49. The molecule has 0 radical (unpaired) electrons. The molecule has 2 heterocycles. The Labute approximate surface area is 119 Å². The quantitative estimate of drug-likeness (QED) is 0.899. The Kier molecular flexibility index (Phi) is 4.10. The van der Waals surface area contributed by atoms with E-state index in [0.29, 0.717) is 6.04 Å². The molecule has 0 saturated carbocycles. The van der Waals surface area contributed by atoms with Crippen LogP contribution in [0.3, 0.4) is 0 Å². The topological polar surface area (TPSA) is 43.0 Å². The Hall–Kier alpha value is -1.30. The molecule has 1 fully saturated rings. The van der Waals surface area contributed by atoms with Gasteiger partial charge in [0.15, 0.2) is 11.5 Å². The second kappa shape index (κ2) is 5.99. The van der Waals surface area contributed by atoms with E-state index in [9.17, 15) is 0 Å². The molecule has 2 aliphatic rings. The summed E-state index contributed by atoms with van der Waals surface area (Å²) in [6.07, 6.45) is 0. The Bertz CT molecular complexity index is 472. The zero-order valence-corrected chi connectivity index (χ0v) is 12.1. The number of ether oxygens (including phenoxy) is 3. The number of nitrogens with one attached hydrogen (secondary N) is 1. The maximum Gasteiger partial charge on any atom is 0.161 e. The standard InChI is InChI=1S/C15H22N2O3/c1-18-14-7-11-9-16-10-13(12(11)8-15(14)19-2)17-3-5-20-6-4-17/h7-8,13,16H,3-6,9-10H2,1-2H3/t13-/m1/s1. The number of methoxy groups -OCH3 is 2. The van der Waals surface area contributed by atoms with E-state index in [-0.39, 0.29) is 0 Å². The molecule has 3 rings (SSSR count). The van der Waals surface area contributed by atoms with Crippen LogP contribution in [0.1, 0.15) is 17.2 Å². The van der Waals surface area contributed by atoms with Gasteiger partial charge < -0.3 is 19.5 Å². The van der Waals surface area contributed by atoms with Crippen molar-refractivity contribution in [1.82, 2.24) is 10.2 Å². The minimum atomic E-state index is 0.391. The van der Waals surface area contributed by atoms with Crippen molar-refractivity contribution in [3.63, 3.8) is 0 Å². The molecule has 20 heavy (non-hydrogen) atoms. The number of nitrogens with zero attached hydrogens (tertiary/aromatic N) is 1. The first-order valence-corrected chi connectivity index (χ1v) is 7.11. The highest BCUT2D eigenvalue weighted by Crippen LogP contribution is 2.36. The van der Waals surface area contributed by atoms with Gasteiger partial charge in [-0.15, -0.1) is 0 Å². The highest BCUT2D eigenvalue weighted by molar-refractivity contribution is 5.49. The van der Waals surface area contributed by atoms with Crippen molar-refractivity contribution >= 4 is 0 Å². The molecule has 0 aliphatic carbocycles. The molecular weight excluding hydrogens is 256 g/mol. The van der Waals surface area contributed by atoms with Crippen LogP contribution in [0.4, 0.5) is 0 Å². The summed E-state index contributed by atoms with van der Waals surface area (Å²) in [6, 6.07) is 4.62. The number of hydrogen-bond donors (Lipinski definition) is 1. The fourth-order valence-corrected chi connectivity index (χ4v) is 3.07. The molecule has 5 nitrogen and oxygen atoms in total. The fourth-order valence-electron chi connectivity index (χ4n) is 3.07. The van der Waals surface area contributed by atoms with E-state index in [4.69, 9.17) is 14.2 Å². The monoisotopic (exact) mass is 278 g/mol. The van der Waals surface area contributed by atoms with E-state index in [2.05, 4.69) is 22.3 Å². The highest BCUT2D eigenvalue weighted by Gasteiger charge is 2.28. The van der Waals surface area contributed by atoms with E-state index < -0.39 is 0 Å². The second-order valence-electron chi connectivity index (χ2n) is 5.20. The minimum Gasteiger partial charge on any atom is -0.493 e. The number of benzene rings is 1. The van der Waals surface area contributed by atoms with Crippen molar-refractivity contribution in [3.8, 4) is 11.5 Å². The van der Waals surface area contributed by atoms with Gasteiger partial charge in [0.05, 0.1) is 27.4 Å². The normalized spacial score (nSPS) is 23.2. The highest BCUT2D eigenvalue weighted by atomic mass is 16.5. The predicted octanol–water partition coefficient (Wildman–Crippen LogP) is 1.18. The van der Waals surface area contributed by atoms with Crippen molar-refractivity contribution in [1.29, 1.82) is 0 Å². The van der Waals surface area contributed by atoms with Crippen molar-refractivity contribution < 1.29 is 14.2 Å². The van der Waals surface area contributed by atoms with Gasteiger partial charge in [-0.3, -0.25) is 4.90 Å². The van der Waals surface area contributed by atoms with Crippen LogP contribution in [0.25, 0.3) is 0 Å². The van der Waals surface area contributed by atoms with Gasteiger partial charge in [-0.25, -0.2) is 0 Å². The molecule has 110 valence electrons. The van der Waals surface area contributed by atoms with Crippen LogP contribution in [0, 0.1) is 0 Å². The lowest BCUT2D eigenvalue weighted by Crippen LogP contribution is -2.45. The summed E-state index contributed by atoms with van der Waals surface area (Å²) in [5, 5.41) is 3.50. The molecule has 5 heteroatoms. The van der Waals surface area contributed by atoms with Gasteiger partial charge in [-0.05, 0) is 23.3 Å². The number of morpholine rings is 1. The van der Waals surface area contributed by atoms with Crippen molar-refractivity contribution in [2.75, 3.05) is 47.1 Å². The van der Waals surface area contributed by atoms with Crippen molar-refractivity contribution in [2.24, 2.45) is 0 Å². The van der Waals surface area contributed by atoms with Crippen molar-refractivity contribution in [2.45, 2.75) is 12.6 Å². The molecule has 1 saturated heterocycles. The molecule has 0 spiro atoms. The fraction of sp³-hybridized carbons (Fsp3) is 0.600. The van der Waals surface area contributed by atoms with E-state index in [1.807, 2.05) is 0 Å². The molecule has 1 aromatic rings. The van der Waals surface area contributed by atoms with Gasteiger partial charge in [0.2, 0.25) is 0 Å². The first-order chi connectivity index (χ1) is 9.83. The van der Waals surface area contributed by atoms with E-state index in [0.717, 1.165) is 50.9 Å². The minimum absolute atomic E-state index is 0.391. The Morgan fingerprint density at radius 1 is 1.15 bits per heavy atom. The van der Waals surface area contributed by atoms with Crippen LogP contribution < -0.4 is 14.8 Å². The molecule has 0 aromatic heterocycles. The largest absolute Gasteiger partial charge is 0.493 e. The summed E-state index contributed by atoms with van der Waals surface area (Å²) in [6.45, 7) is 5.47. The zero-order valence-electron chi connectivity index (χ0n) is 12.1. The number of fused-ring (bicyclic) bond motifs is 1. The first kappa shape index (κ1) is 13.7. The van der Waals surface area contributed by atoms with Gasteiger partial charge in [0.25, 0.3) is 0 Å². The van der Waals surface area contributed by atoms with Gasteiger partial charge in [-0.2, -0.15) is 0 Å².